The van der Waals surface area contributed by atoms with Gasteiger partial charge in [-0.15, -0.1) is 0 Å². The lowest BCUT2D eigenvalue weighted by molar-refractivity contribution is -0.121. The van der Waals surface area contributed by atoms with Crippen LogP contribution in [0.1, 0.15) is 32.8 Å². The van der Waals surface area contributed by atoms with Crippen LogP contribution in [-0.4, -0.2) is 16.9 Å². The molecule has 3 aromatic rings. The van der Waals surface area contributed by atoms with E-state index >= 15 is 0 Å². The molecule has 1 amide bonds. The highest BCUT2D eigenvalue weighted by Crippen LogP contribution is 2.32. The van der Waals surface area contributed by atoms with E-state index in [9.17, 15) is 13.6 Å². The third kappa shape index (κ3) is 4.35. The van der Waals surface area contributed by atoms with Gasteiger partial charge in [-0.3, -0.25) is 4.79 Å². The van der Waals surface area contributed by atoms with Gasteiger partial charge in [-0.05, 0) is 72.9 Å². The molecule has 3 rings (SSSR count). The Kier molecular flexibility index (Phi) is 5.59. The molecule has 0 spiro atoms. The van der Waals surface area contributed by atoms with Crippen molar-refractivity contribution in [2.24, 2.45) is 5.92 Å². The lowest BCUT2D eigenvalue weighted by Gasteiger charge is -2.17. The summed E-state index contributed by atoms with van der Waals surface area (Å²) in [6, 6.07) is 10.8. The van der Waals surface area contributed by atoms with E-state index in [-0.39, 0.29) is 23.6 Å². The maximum Gasteiger partial charge on any atom is 0.220 e. The third-order valence-corrected chi connectivity index (χ3v) is 4.99. The maximum atomic E-state index is 13.8. The van der Waals surface area contributed by atoms with Crippen molar-refractivity contribution in [3.63, 3.8) is 0 Å². The number of fused-ring (bicyclic) bond motifs is 1. The summed E-state index contributed by atoms with van der Waals surface area (Å²) in [5.41, 5.74) is 3.25. The average Bonchev–Trinajstić information content (AvgIpc) is 2.98. The molecule has 0 aliphatic rings. The predicted molar refractivity (Wildman–Crippen MR) is 104 cm³/mol. The van der Waals surface area contributed by atoms with Gasteiger partial charge in [0.05, 0.1) is 0 Å². The smallest absolute Gasteiger partial charge is 0.220 e. The molecule has 0 saturated carbocycles. The minimum Gasteiger partial charge on any atom is -0.354 e. The number of benzene rings is 2. The Morgan fingerprint density at radius 1 is 1.04 bits per heavy atom. The van der Waals surface area contributed by atoms with Crippen LogP contribution in [0, 0.1) is 17.6 Å². The van der Waals surface area contributed by atoms with Crippen LogP contribution in [0.15, 0.2) is 42.5 Å². The zero-order valence-electron chi connectivity index (χ0n) is 15.8. The van der Waals surface area contributed by atoms with E-state index in [2.05, 4.69) is 24.1 Å². The van der Waals surface area contributed by atoms with E-state index < -0.39 is 0 Å². The summed E-state index contributed by atoms with van der Waals surface area (Å²) < 4.78 is 27.1. The van der Waals surface area contributed by atoms with Crippen LogP contribution in [0.25, 0.3) is 22.2 Å². The van der Waals surface area contributed by atoms with Crippen molar-refractivity contribution in [3.05, 3.63) is 59.7 Å². The molecule has 0 aliphatic heterocycles. The van der Waals surface area contributed by atoms with Gasteiger partial charge in [0.1, 0.15) is 11.6 Å². The largest absolute Gasteiger partial charge is 0.354 e. The number of nitrogens with one attached hydrogen (secondary N) is 2. The lowest BCUT2D eigenvalue weighted by atomic mass is 10.0. The van der Waals surface area contributed by atoms with Crippen molar-refractivity contribution in [3.8, 4) is 11.3 Å². The molecule has 1 aromatic heterocycles. The Bertz CT molecular complexity index is 945. The van der Waals surface area contributed by atoms with E-state index in [0.29, 0.717) is 18.8 Å². The highest BCUT2D eigenvalue weighted by atomic mass is 19.1. The van der Waals surface area contributed by atoms with Crippen molar-refractivity contribution in [2.45, 2.75) is 39.7 Å². The first-order valence-corrected chi connectivity index (χ1v) is 9.20. The first-order chi connectivity index (χ1) is 12.8. The molecule has 27 heavy (non-hydrogen) atoms. The Labute approximate surface area is 157 Å². The number of hydrogen-bond acceptors (Lipinski definition) is 1. The van der Waals surface area contributed by atoms with Gasteiger partial charge < -0.3 is 10.3 Å². The Balaban J connectivity index is 1.92. The molecule has 2 aromatic carbocycles. The van der Waals surface area contributed by atoms with Crippen LogP contribution >= 0.6 is 0 Å². The molecule has 3 nitrogen and oxygen atoms in total. The molecule has 0 saturated heterocycles. The fourth-order valence-electron chi connectivity index (χ4n) is 3.07. The number of aryl methyl sites for hydroxylation is 1. The van der Waals surface area contributed by atoms with E-state index in [1.54, 1.807) is 18.2 Å². The highest BCUT2D eigenvalue weighted by molar-refractivity contribution is 5.91. The highest BCUT2D eigenvalue weighted by Gasteiger charge is 2.17. The van der Waals surface area contributed by atoms with Crippen LogP contribution in [0.2, 0.25) is 0 Å². The number of amides is 1. The Hall–Kier alpha value is -2.69. The number of rotatable bonds is 6. The molecule has 0 bridgehead atoms. The van der Waals surface area contributed by atoms with Gasteiger partial charge in [-0.25, -0.2) is 8.78 Å². The molecule has 1 atom stereocenters. The second-order valence-corrected chi connectivity index (χ2v) is 7.28. The molecular weight excluding hydrogens is 346 g/mol. The third-order valence-electron chi connectivity index (χ3n) is 4.99. The number of aromatic nitrogens is 1. The average molecular weight is 370 g/mol. The number of hydrogen-bond donors (Lipinski definition) is 2. The van der Waals surface area contributed by atoms with Crippen molar-refractivity contribution < 1.29 is 13.6 Å². The summed E-state index contributed by atoms with van der Waals surface area (Å²) in [7, 11) is 0. The van der Waals surface area contributed by atoms with Crippen LogP contribution in [0.4, 0.5) is 8.78 Å². The van der Waals surface area contributed by atoms with Gasteiger partial charge in [-0.2, -0.15) is 0 Å². The molecule has 0 fully saturated rings. The van der Waals surface area contributed by atoms with Gasteiger partial charge in [0.15, 0.2) is 0 Å². The minimum absolute atomic E-state index is 0.0352. The van der Waals surface area contributed by atoms with Crippen molar-refractivity contribution >= 4 is 16.8 Å². The first-order valence-electron chi connectivity index (χ1n) is 9.20. The topological polar surface area (TPSA) is 44.9 Å². The number of carbonyl (C=O) groups excluding carboxylic acids is 1. The van der Waals surface area contributed by atoms with Crippen LogP contribution in [0.5, 0.6) is 0 Å². The van der Waals surface area contributed by atoms with Gasteiger partial charge in [0.2, 0.25) is 5.91 Å². The standard InChI is InChI=1S/C22H24F2N2O/c1-13(2)14(3)25-21(27)11-9-18-19-12-17(24)8-10-20(19)26-22(18)15-4-6-16(23)7-5-15/h4-8,10,12-14,26H,9,11H2,1-3H3,(H,25,27). The van der Waals surface area contributed by atoms with Crippen molar-refractivity contribution in [1.29, 1.82) is 0 Å². The molecule has 5 heteroatoms. The van der Waals surface area contributed by atoms with E-state index in [1.165, 1.54) is 24.3 Å². The SMILES string of the molecule is CC(C)C(C)NC(=O)CCc1c(-c2ccc(F)cc2)[nH]c2ccc(F)cc12. The summed E-state index contributed by atoms with van der Waals surface area (Å²) in [6.45, 7) is 6.09. The molecule has 1 heterocycles. The van der Waals surface area contributed by atoms with Gasteiger partial charge in [0.25, 0.3) is 0 Å². The van der Waals surface area contributed by atoms with Gasteiger partial charge >= 0.3 is 0 Å². The van der Waals surface area contributed by atoms with Crippen molar-refractivity contribution in [2.75, 3.05) is 0 Å². The number of aromatic amines is 1. The quantitative estimate of drug-likeness (QED) is 0.615. The monoisotopic (exact) mass is 370 g/mol. The fraction of sp³-hybridized carbons (Fsp3) is 0.318. The van der Waals surface area contributed by atoms with E-state index in [0.717, 1.165) is 27.7 Å². The van der Waals surface area contributed by atoms with E-state index in [1.807, 2.05) is 6.92 Å². The number of halogens is 2. The summed E-state index contributed by atoms with van der Waals surface area (Å²) >= 11 is 0. The number of carbonyl (C=O) groups is 1. The lowest BCUT2D eigenvalue weighted by Crippen LogP contribution is -2.36. The molecule has 0 aliphatic carbocycles. The molecule has 1 unspecified atom stereocenters. The summed E-state index contributed by atoms with van der Waals surface area (Å²) in [5, 5.41) is 3.74. The van der Waals surface area contributed by atoms with Gasteiger partial charge in [0, 0.05) is 29.1 Å². The number of H-pyrrole nitrogens is 1. The molecule has 142 valence electrons. The van der Waals surface area contributed by atoms with Crippen molar-refractivity contribution in [1.82, 2.24) is 10.3 Å². The Morgan fingerprint density at radius 3 is 2.37 bits per heavy atom. The Morgan fingerprint density at radius 2 is 1.70 bits per heavy atom. The van der Waals surface area contributed by atoms with E-state index in [4.69, 9.17) is 0 Å². The molecular formula is C22H24F2N2O. The van der Waals surface area contributed by atoms with Crippen LogP contribution in [-0.2, 0) is 11.2 Å². The van der Waals surface area contributed by atoms with Gasteiger partial charge in [-0.1, -0.05) is 13.8 Å². The maximum absolute atomic E-state index is 13.8. The summed E-state index contributed by atoms with van der Waals surface area (Å²) in [6.07, 6.45) is 0.765. The fourth-order valence-corrected chi connectivity index (χ4v) is 3.07. The summed E-state index contributed by atoms with van der Waals surface area (Å²) in [4.78, 5) is 15.6. The zero-order valence-corrected chi connectivity index (χ0v) is 15.8. The molecule has 0 radical (unpaired) electrons. The van der Waals surface area contributed by atoms with Crippen LogP contribution in [0.3, 0.4) is 0 Å². The summed E-state index contributed by atoms with van der Waals surface area (Å²) in [5.74, 6) is -0.325. The first kappa shape index (κ1) is 19.1. The minimum atomic E-state index is -0.328. The zero-order chi connectivity index (χ0) is 19.6. The molecule has 2 N–H and O–H groups in total. The predicted octanol–water partition coefficient (Wildman–Crippen LogP) is 5.21. The second kappa shape index (κ2) is 7.91. The normalized spacial score (nSPS) is 12.5. The van der Waals surface area contributed by atoms with Crippen LogP contribution < -0.4 is 5.32 Å². The second-order valence-electron chi connectivity index (χ2n) is 7.28.